The molecule has 2 N–H and O–H groups in total. The lowest BCUT2D eigenvalue weighted by molar-refractivity contribution is 0.0977. The Morgan fingerprint density at radius 1 is 0.963 bits per heavy atom. The average Bonchev–Trinajstić information content (AvgIpc) is 2.67. The Morgan fingerprint density at radius 2 is 1.74 bits per heavy atom. The van der Waals surface area contributed by atoms with Crippen molar-refractivity contribution in [3.63, 3.8) is 0 Å². The van der Waals surface area contributed by atoms with Crippen LogP contribution in [-0.2, 0) is 6.61 Å². The molecule has 4 nitrogen and oxygen atoms in total. The summed E-state index contributed by atoms with van der Waals surface area (Å²) in [5.41, 5.74) is 3.43. The fourth-order valence-electron chi connectivity index (χ4n) is 2.53. The van der Waals surface area contributed by atoms with Crippen LogP contribution in [0.5, 0.6) is 5.75 Å². The van der Waals surface area contributed by atoms with Crippen molar-refractivity contribution in [1.29, 1.82) is 0 Å². The average molecular weight is 376 g/mol. The second kappa shape index (κ2) is 8.96. The summed E-state index contributed by atoms with van der Waals surface area (Å²) in [5.74, 6) is 0.476. The lowest BCUT2D eigenvalue weighted by Gasteiger charge is -2.12. The first-order chi connectivity index (χ1) is 13.1. The summed E-state index contributed by atoms with van der Waals surface area (Å²) in [6.07, 6.45) is 0. The van der Waals surface area contributed by atoms with Gasteiger partial charge in [-0.15, -0.1) is 0 Å². The molecule has 0 radical (unpaired) electrons. The van der Waals surface area contributed by atoms with Crippen LogP contribution in [0.2, 0.25) is 0 Å². The molecule has 0 unspecified atom stereocenters. The number of benzene rings is 3. The second-order valence-electron chi connectivity index (χ2n) is 6.08. The molecular formula is C22H20N2O2S. The molecule has 0 heterocycles. The van der Waals surface area contributed by atoms with Crippen LogP contribution in [0.15, 0.2) is 78.9 Å². The zero-order valence-electron chi connectivity index (χ0n) is 14.9. The van der Waals surface area contributed by atoms with E-state index < -0.39 is 0 Å². The van der Waals surface area contributed by atoms with E-state index in [9.17, 15) is 4.79 Å². The van der Waals surface area contributed by atoms with Gasteiger partial charge in [-0.05, 0) is 49.0 Å². The predicted molar refractivity (Wildman–Crippen MR) is 112 cm³/mol. The molecule has 3 aromatic rings. The molecule has 0 saturated carbocycles. The maximum Gasteiger partial charge on any atom is 0.257 e. The fraction of sp³-hybridized carbons (Fsp3) is 0.0909. The monoisotopic (exact) mass is 376 g/mol. The molecule has 0 bridgehead atoms. The Bertz CT molecular complexity index is 942. The van der Waals surface area contributed by atoms with Gasteiger partial charge >= 0.3 is 0 Å². The Kier molecular flexibility index (Phi) is 6.18. The molecule has 5 heteroatoms. The lowest BCUT2D eigenvalue weighted by atomic mass is 10.1. The Hall–Kier alpha value is -3.18. The topological polar surface area (TPSA) is 50.4 Å². The minimum atomic E-state index is -0.243. The molecule has 0 fully saturated rings. The van der Waals surface area contributed by atoms with Crippen LogP contribution < -0.4 is 15.4 Å². The summed E-state index contributed by atoms with van der Waals surface area (Å²) in [7, 11) is 0. The highest BCUT2D eigenvalue weighted by molar-refractivity contribution is 7.80. The quantitative estimate of drug-likeness (QED) is 0.634. The van der Waals surface area contributed by atoms with Gasteiger partial charge in [0.05, 0.1) is 0 Å². The summed E-state index contributed by atoms with van der Waals surface area (Å²) in [5, 5.41) is 5.94. The van der Waals surface area contributed by atoms with Gasteiger partial charge in [0.25, 0.3) is 5.91 Å². The molecular weight excluding hydrogens is 356 g/mol. The molecule has 3 rings (SSSR count). The van der Waals surface area contributed by atoms with Crippen LogP contribution in [-0.4, -0.2) is 11.0 Å². The van der Waals surface area contributed by atoms with Crippen molar-refractivity contribution in [3.05, 3.63) is 95.6 Å². The summed E-state index contributed by atoms with van der Waals surface area (Å²) < 4.78 is 5.81. The number of hydrogen-bond acceptors (Lipinski definition) is 3. The molecule has 0 saturated heterocycles. The zero-order valence-corrected chi connectivity index (χ0v) is 15.8. The summed E-state index contributed by atoms with van der Waals surface area (Å²) in [6, 6.07) is 24.8. The Labute approximate surface area is 164 Å². The number of nitrogens with one attached hydrogen (secondary N) is 2. The van der Waals surface area contributed by atoms with Crippen LogP contribution in [0, 0.1) is 6.92 Å². The smallest absolute Gasteiger partial charge is 0.257 e. The van der Waals surface area contributed by atoms with Crippen molar-refractivity contribution in [1.82, 2.24) is 5.32 Å². The first kappa shape index (κ1) is 18.6. The summed E-state index contributed by atoms with van der Waals surface area (Å²) >= 11 is 5.25. The van der Waals surface area contributed by atoms with Crippen molar-refractivity contribution in [2.45, 2.75) is 13.5 Å². The van der Waals surface area contributed by atoms with E-state index in [0.717, 1.165) is 22.6 Å². The van der Waals surface area contributed by atoms with Gasteiger partial charge < -0.3 is 10.1 Å². The zero-order chi connectivity index (χ0) is 19.1. The number of anilines is 1. The molecule has 0 aliphatic heterocycles. The van der Waals surface area contributed by atoms with E-state index in [1.54, 1.807) is 6.07 Å². The molecule has 0 aliphatic carbocycles. The number of carbonyl (C=O) groups excluding carboxylic acids is 1. The third-order valence-electron chi connectivity index (χ3n) is 3.85. The number of ether oxygens (including phenoxy) is 1. The molecule has 3 aromatic carbocycles. The van der Waals surface area contributed by atoms with Gasteiger partial charge in [0.2, 0.25) is 0 Å². The minimum Gasteiger partial charge on any atom is -0.489 e. The number of hydrogen-bond donors (Lipinski definition) is 2. The third kappa shape index (κ3) is 5.66. The highest BCUT2D eigenvalue weighted by atomic mass is 32.1. The largest absolute Gasteiger partial charge is 0.489 e. The maximum atomic E-state index is 12.3. The minimum absolute atomic E-state index is 0.238. The highest BCUT2D eigenvalue weighted by Crippen LogP contribution is 2.18. The number of carbonyl (C=O) groups is 1. The first-order valence-corrected chi connectivity index (χ1v) is 8.97. The molecule has 0 aromatic heterocycles. The van der Waals surface area contributed by atoms with Crippen molar-refractivity contribution < 1.29 is 9.53 Å². The van der Waals surface area contributed by atoms with Crippen LogP contribution in [0.25, 0.3) is 0 Å². The second-order valence-corrected chi connectivity index (χ2v) is 6.49. The van der Waals surface area contributed by atoms with Gasteiger partial charge in [-0.3, -0.25) is 10.1 Å². The number of aryl methyl sites for hydroxylation is 1. The standard InChI is InChI=1S/C22H20N2O2S/c1-16-7-5-10-18(13-16)21(25)24-22(27)23-19-11-6-12-20(14-19)26-15-17-8-3-2-4-9-17/h2-14H,15H2,1H3,(H2,23,24,25,27). The first-order valence-electron chi connectivity index (χ1n) is 8.56. The molecule has 27 heavy (non-hydrogen) atoms. The van der Waals surface area contributed by atoms with E-state index in [0.29, 0.717) is 12.2 Å². The Morgan fingerprint density at radius 3 is 2.52 bits per heavy atom. The highest BCUT2D eigenvalue weighted by Gasteiger charge is 2.08. The third-order valence-corrected chi connectivity index (χ3v) is 4.05. The van der Waals surface area contributed by atoms with Gasteiger partial charge in [0, 0.05) is 17.3 Å². The molecule has 0 atom stereocenters. The fourth-order valence-corrected chi connectivity index (χ4v) is 2.74. The van der Waals surface area contributed by atoms with Gasteiger partial charge in [0.1, 0.15) is 12.4 Å². The number of thiocarbonyl (C=S) groups is 1. The normalized spacial score (nSPS) is 10.1. The van der Waals surface area contributed by atoms with Gasteiger partial charge in [-0.2, -0.15) is 0 Å². The van der Waals surface area contributed by atoms with Crippen molar-refractivity contribution >= 4 is 28.9 Å². The van der Waals surface area contributed by atoms with Crippen LogP contribution in [0.3, 0.4) is 0 Å². The van der Waals surface area contributed by atoms with E-state index in [4.69, 9.17) is 17.0 Å². The number of amides is 1. The van der Waals surface area contributed by atoms with E-state index in [-0.39, 0.29) is 11.0 Å². The lowest BCUT2D eigenvalue weighted by Crippen LogP contribution is -2.34. The number of rotatable bonds is 5. The van der Waals surface area contributed by atoms with E-state index in [1.165, 1.54) is 0 Å². The van der Waals surface area contributed by atoms with Crippen LogP contribution in [0.4, 0.5) is 5.69 Å². The summed E-state index contributed by atoms with van der Waals surface area (Å²) in [4.78, 5) is 12.3. The molecule has 0 aliphatic rings. The van der Waals surface area contributed by atoms with E-state index in [1.807, 2.05) is 79.7 Å². The van der Waals surface area contributed by atoms with Gasteiger partial charge in [-0.25, -0.2) is 0 Å². The molecule has 1 amide bonds. The molecule has 0 spiro atoms. The van der Waals surface area contributed by atoms with Crippen LogP contribution in [0.1, 0.15) is 21.5 Å². The van der Waals surface area contributed by atoms with E-state index in [2.05, 4.69) is 10.6 Å². The summed E-state index contributed by atoms with van der Waals surface area (Å²) in [6.45, 7) is 2.42. The predicted octanol–water partition coefficient (Wildman–Crippen LogP) is 4.70. The molecule has 136 valence electrons. The SMILES string of the molecule is Cc1cccc(C(=O)NC(=S)Nc2cccc(OCc3ccccc3)c2)c1. The van der Waals surface area contributed by atoms with Crippen molar-refractivity contribution in [2.24, 2.45) is 0 Å². The van der Waals surface area contributed by atoms with Gasteiger partial charge in [0.15, 0.2) is 5.11 Å². The van der Waals surface area contributed by atoms with Crippen LogP contribution >= 0.6 is 12.2 Å². The van der Waals surface area contributed by atoms with E-state index >= 15 is 0 Å². The van der Waals surface area contributed by atoms with Crippen molar-refractivity contribution in [3.8, 4) is 5.75 Å². The van der Waals surface area contributed by atoms with Crippen molar-refractivity contribution in [2.75, 3.05) is 5.32 Å². The Balaban J connectivity index is 1.57. The maximum absolute atomic E-state index is 12.3. The van der Waals surface area contributed by atoms with Gasteiger partial charge in [-0.1, -0.05) is 54.1 Å².